The number of allylic oxidation sites excluding steroid dienone is 2. The van der Waals surface area contributed by atoms with Crippen molar-refractivity contribution in [1.29, 1.82) is 0 Å². The Bertz CT molecular complexity index is 1710. The lowest BCUT2D eigenvalue weighted by Crippen LogP contribution is -2.30. The Morgan fingerprint density at radius 3 is 2.30 bits per heavy atom. The molecule has 0 radical (unpaired) electrons. The Balaban J connectivity index is 2.02. The number of hydrogen-bond donors (Lipinski definition) is 1. The number of rotatable bonds is 15. The highest BCUT2D eigenvalue weighted by Gasteiger charge is 2.46. The summed E-state index contributed by atoms with van der Waals surface area (Å²) in [6.45, 7) is 6.73. The van der Waals surface area contributed by atoms with Crippen molar-refractivity contribution in [2.45, 2.75) is 25.8 Å². The Morgan fingerprint density at radius 1 is 0.957 bits per heavy atom. The van der Waals surface area contributed by atoms with Crippen LogP contribution >= 0.6 is 0 Å². The number of carbonyl (C=O) groups is 2. The zero-order valence-electron chi connectivity index (χ0n) is 24.6. The molecule has 16 heteroatoms. The highest BCUT2D eigenvalue weighted by atomic mass is 32.2. The van der Waals surface area contributed by atoms with E-state index in [9.17, 15) is 31.2 Å². The van der Waals surface area contributed by atoms with Crippen LogP contribution < -0.4 is 9.46 Å². The predicted octanol–water partition coefficient (Wildman–Crippen LogP) is 5.42. The number of nitrogens with one attached hydrogen (secondary N) is 1. The first-order valence-corrected chi connectivity index (χ1v) is 15.0. The molecular formula is C30H29F3N4O8S. The molecule has 3 aromatic rings. The molecule has 1 heterocycles. The zero-order chi connectivity index (χ0) is 33.7. The standard InChI is InChI=1S/C30H29F3N4O8S/c1-4-20(18-44-45-26(38)5-2)10-9-13-25-34-28(21-14-16-22(17-15-21)43-19-27(39)42-6-3)36-29(35-25)23-11-7-8-12-24(23)37-46(40,41)30(31,32)33/h4,7-17,37H,1,5-6,18-19H2,2-3H3. The van der Waals surface area contributed by atoms with Gasteiger partial charge >= 0.3 is 27.5 Å². The quantitative estimate of drug-likeness (QED) is 0.0960. The normalized spacial score (nSPS) is 12.1. The van der Waals surface area contributed by atoms with Crippen LogP contribution in [0.2, 0.25) is 0 Å². The minimum Gasteiger partial charge on any atom is -0.482 e. The first kappa shape index (κ1) is 35.4. The lowest BCUT2D eigenvalue weighted by molar-refractivity contribution is -0.266. The number of alkyl halides is 3. The molecule has 244 valence electrons. The number of ether oxygens (including phenoxy) is 2. The van der Waals surface area contributed by atoms with Gasteiger partial charge in [0.2, 0.25) is 0 Å². The van der Waals surface area contributed by atoms with E-state index in [4.69, 9.17) is 14.4 Å². The van der Waals surface area contributed by atoms with E-state index in [1.165, 1.54) is 36.4 Å². The van der Waals surface area contributed by atoms with Crippen molar-refractivity contribution in [3.05, 3.63) is 84.7 Å². The Labute approximate surface area is 262 Å². The van der Waals surface area contributed by atoms with Gasteiger partial charge < -0.3 is 9.47 Å². The molecule has 0 aliphatic heterocycles. The van der Waals surface area contributed by atoms with Crippen molar-refractivity contribution in [2.24, 2.45) is 0 Å². The summed E-state index contributed by atoms with van der Waals surface area (Å²) in [5.74, 6) is -0.776. The Hall–Kier alpha value is -5.09. The largest absolute Gasteiger partial charge is 0.516 e. The fraction of sp³-hybridized carbons (Fsp3) is 0.233. The Morgan fingerprint density at radius 2 is 1.65 bits per heavy atom. The van der Waals surface area contributed by atoms with Gasteiger partial charge in [-0.05, 0) is 55.0 Å². The minimum absolute atomic E-state index is 0.0501. The Kier molecular flexibility index (Phi) is 12.5. The van der Waals surface area contributed by atoms with E-state index < -0.39 is 33.2 Å². The lowest BCUT2D eigenvalue weighted by atomic mass is 10.1. The van der Waals surface area contributed by atoms with Gasteiger partial charge in [0.15, 0.2) is 24.1 Å². The lowest BCUT2D eigenvalue weighted by Gasteiger charge is -2.14. The summed E-state index contributed by atoms with van der Waals surface area (Å²) in [6, 6.07) is 11.5. The van der Waals surface area contributed by atoms with Gasteiger partial charge in [-0.1, -0.05) is 43.9 Å². The van der Waals surface area contributed by atoms with E-state index in [-0.39, 0.29) is 49.3 Å². The first-order valence-electron chi connectivity index (χ1n) is 13.5. The first-order chi connectivity index (χ1) is 21.9. The van der Waals surface area contributed by atoms with Crippen molar-refractivity contribution >= 4 is 33.7 Å². The smallest absolute Gasteiger partial charge is 0.482 e. The van der Waals surface area contributed by atoms with Crippen LogP contribution in [-0.4, -0.2) is 60.6 Å². The summed E-state index contributed by atoms with van der Waals surface area (Å²) in [5.41, 5.74) is -5.09. The van der Waals surface area contributed by atoms with Gasteiger partial charge in [-0.2, -0.15) is 26.5 Å². The zero-order valence-corrected chi connectivity index (χ0v) is 25.4. The van der Waals surface area contributed by atoms with E-state index in [1.807, 2.05) is 0 Å². The number of anilines is 1. The molecule has 3 rings (SSSR count). The summed E-state index contributed by atoms with van der Waals surface area (Å²) < 4.78 is 75.0. The van der Waals surface area contributed by atoms with Crippen molar-refractivity contribution in [2.75, 3.05) is 24.5 Å². The summed E-state index contributed by atoms with van der Waals surface area (Å²) in [6.07, 6.45) is 6.13. The monoisotopic (exact) mass is 662 g/mol. The van der Waals surface area contributed by atoms with E-state index in [1.54, 1.807) is 48.9 Å². The van der Waals surface area contributed by atoms with Crippen LogP contribution in [-0.2, 0) is 34.1 Å². The molecule has 0 saturated carbocycles. The van der Waals surface area contributed by atoms with Crippen molar-refractivity contribution in [3.63, 3.8) is 0 Å². The number of hydrogen-bond acceptors (Lipinski definition) is 11. The van der Waals surface area contributed by atoms with Crippen LogP contribution in [0.25, 0.3) is 28.9 Å². The number of esters is 1. The predicted molar refractivity (Wildman–Crippen MR) is 161 cm³/mol. The summed E-state index contributed by atoms with van der Waals surface area (Å²) in [4.78, 5) is 45.5. The van der Waals surface area contributed by atoms with Gasteiger partial charge in [0.1, 0.15) is 12.4 Å². The average molecular weight is 663 g/mol. The van der Waals surface area contributed by atoms with Crippen LogP contribution in [0.3, 0.4) is 0 Å². The molecule has 1 N–H and O–H groups in total. The number of aromatic nitrogens is 3. The van der Waals surface area contributed by atoms with Crippen molar-refractivity contribution < 1.29 is 50.4 Å². The fourth-order valence-electron chi connectivity index (χ4n) is 3.39. The molecule has 0 aliphatic carbocycles. The number of nitrogens with zero attached hydrogens (tertiary/aromatic N) is 3. The third kappa shape index (κ3) is 10.2. The average Bonchev–Trinajstić information content (AvgIpc) is 3.02. The molecule has 0 spiro atoms. The molecule has 0 bridgehead atoms. The number of para-hydroxylation sites is 1. The van der Waals surface area contributed by atoms with Crippen LogP contribution in [0.5, 0.6) is 5.75 Å². The topological polar surface area (TPSA) is 156 Å². The third-order valence-corrected chi connectivity index (χ3v) is 6.73. The number of carbonyl (C=O) groups excluding carboxylic acids is 2. The summed E-state index contributed by atoms with van der Waals surface area (Å²) in [7, 11) is -5.76. The molecule has 12 nitrogen and oxygen atoms in total. The molecule has 0 amide bonds. The number of benzene rings is 2. The summed E-state index contributed by atoms with van der Waals surface area (Å²) in [5, 5.41) is 0. The highest BCUT2D eigenvalue weighted by Crippen LogP contribution is 2.32. The molecule has 0 unspecified atom stereocenters. The van der Waals surface area contributed by atoms with Gasteiger partial charge in [0, 0.05) is 17.5 Å². The highest BCUT2D eigenvalue weighted by molar-refractivity contribution is 7.93. The third-order valence-electron chi connectivity index (χ3n) is 5.63. The van der Waals surface area contributed by atoms with E-state index in [0.29, 0.717) is 16.9 Å². The number of halogens is 3. The van der Waals surface area contributed by atoms with Gasteiger partial charge in [0.25, 0.3) is 0 Å². The molecule has 2 aromatic carbocycles. The fourth-order valence-corrected chi connectivity index (χ4v) is 3.97. The van der Waals surface area contributed by atoms with Crippen LogP contribution in [0.4, 0.5) is 18.9 Å². The summed E-state index contributed by atoms with van der Waals surface area (Å²) >= 11 is 0. The van der Waals surface area contributed by atoms with Crippen LogP contribution in [0, 0.1) is 0 Å². The maximum absolute atomic E-state index is 13.2. The van der Waals surface area contributed by atoms with E-state index in [0.717, 1.165) is 6.07 Å². The van der Waals surface area contributed by atoms with Gasteiger partial charge in [0.05, 0.1) is 12.3 Å². The second-order valence-electron chi connectivity index (χ2n) is 8.93. The molecule has 0 fully saturated rings. The molecule has 1 aromatic heterocycles. The molecule has 0 aliphatic rings. The second kappa shape index (κ2) is 16.3. The molecule has 0 saturated heterocycles. The minimum atomic E-state index is -5.76. The van der Waals surface area contributed by atoms with Gasteiger partial charge in [-0.25, -0.2) is 24.5 Å². The van der Waals surface area contributed by atoms with Crippen LogP contribution in [0.1, 0.15) is 26.1 Å². The molecule has 46 heavy (non-hydrogen) atoms. The van der Waals surface area contributed by atoms with Crippen LogP contribution in [0.15, 0.2) is 78.9 Å². The van der Waals surface area contributed by atoms with Gasteiger partial charge in [-0.15, -0.1) is 0 Å². The van der Waals surface area contributed by atoms with Crippen molar-refractivity contribution in [1.82, 2.24) is 15.0 Å². The van der Waals surface area contributed by atoms with E-state index in [2.05, 4.69) is 26.4 Å². The second-order valence-corrected chi connectivity index (χ2v) is 10.6. The van der Waals surface area contributed by atoms with Crippen molar-refractivity contribution in [3.8, 4) is 28.5 Å². The maximum Gasteiger partial charge on any atom is 0.516 e. The maximum atomic E-state index is 13.2. The molecular weight excluding hydrogens is 633 g/mol. The van der Waals surface area contributed by atoms with E-state index >= 15 is 0 Å². The number of sulfonamides is 1. The SMILES string of the molecule is C=CC(=CC=Cc1nc(-c2ccc(OCC(=O)OCC)cc2)nc(-c2ccccc2NS(=O)(=O)C(F)(F)F)n1)COOC(=O)CC. The molecule has 0 atom stereocenters. The van der Waals surface area contributed by atoms with Gasteiger partial charge in [-0.3, -0.25) is 9.61 Å².